The van der Waals surface area contributed by atoms with Crippen LogP contribution in [-0.4, -0.2) is 59.8 Å². The Balaban J connectivity index is 1.85. The molecular weight excluding hydrogens is 408 g/mol. The lowest BCUT2D eigenvalue weighted by molar-refractivity contribution is -0.136. The van der Waals surface area contributed by atoms with Gasteiger partial charge in [0.2, 0.25) is 5.76 Å². The van der Waals surface area contributed by atoms with E-state index in [2.05, 4.69) is 5.32 Å². The van der Waals surface area contributed by atoms with Gasteiger partial charge in [-0.15, -0.1) is 0 Å². The van der Waals surface area contributed by atoms with Gasteiger partial charge in [0.25, 0.3) is 5.91 Å². The molecule has 0 bridgehead atoms. The second-order valence-electron chi connectivity index (χ2n) is 6.78. The van der Waals surface area contributed by atoms with Gasteiger partial charge in [0.15, 0.2) is 0 Å². The van der Waals surface area contributed by atoms with Gasteiger partial charge < -0.3 is 34.3 Å². The van der Waals surface area contributed by atoms with E-state index in [1.54, 1.807) is 18.2 Å². The topological polar surface area (TPSA) is 139 Å². The Kier molecular flexibility index (Phi) is 6.61. The van der Waals surface area contributed by atoms with Crippen molar-refractivity contribution in [1.82, 2.24) is 4.90 Å². The highest BCUT2D eigenvalue weighted by Crippen LogP contribution is 2.31. The maximum Gasteiger partial charge on any atom is 0.371 e. The number of hydrogen-bond acceptors (Lipinski definition) is 8. The summed E-state index contributed by atoms with van der Waals surface area (Å²) in [5.41, 5.74) is 1.49. The molecule has 0 spiro atoms. The van der Waals surface area contributed by atoms with Crippen LogP contribution in [0.2, 0.25) is 0 Å². The van der Waals surface area contributed by atoms with Gasteiger partial charge in [0.1, 0.15) is 23.8 Å². The number of carboxylic acids is 1. The van der Waals surface area contributed by atoms with E-state index in [9.17, 15) is 19.5 Å². The highest BCUT2D eigenvalue weighted by atomic mass is 16.5. The van der Waals surface area contributed by atoms with E-state index in [1.165, 1.54) is 24.1 Å². The number of rotatable bonds is 9. The van der Waals surface area contributed by atoms with Crippen LogP contribution in [0.1, 0.15) is 21.9 Å². The summed E-state index contributed by atoms with van der Waals surface area (Å²) in [6.45, 7) is 1.66. The number of nitrogens with one attached hydrogen (secondary N) is 1. The predicted molar refractivity (Wildman–Crippen MR) is 108 cm³/mol. The molecule has 1 aromatic carbocycles. The maximum atomic E-state index is 12.7. The van der Waals surface area contributed by atoms with Gasteiger partial charge in [0, 0.05) is 6.54 Å². The number of anilines is 1. The Morgan fingerprint density at radius 2 is 2.03 bits per heavy atom. The molecule has 3 N–H and O–H groups in total. The van der Waals surface area contributed by atoms with E-state index in [1.807, 2.05) is 6.92 Å². The average Bonchev–Trinajstić information content (AvgIpc) is 3.34. The van der Waals surface area contributed by atoms with Crippen LogP contribution in [0.15, 0.2) is 46.0 Å². The van der Waals surface area contributed by atoms with E-state index in [4.69, 9.17) is 19.0 Å². The number of aliphatic hydroxyl groups is 1. The second kappa shape index (κ2) is 9.35. The smallest absolute Gasteiger partial charge is 0.371 e. The van der Waals surface area contributed by atoms with Crippen molar-refractivity contribution in [2.45, 2.75) is 13.5 Å². The number of carbonyl (C=O) groups excluding carboxylic acids is 2. The highest BCUT2D eigenvalue weighted by Gasteiger charge is 2.34. The Labute approximate surface area is 177 Å². The summed E-state index contributed by atoms with van der Waals surface area (Å²) in [5.74, 6) is -1.80. The summed E-state index contributed by atoms with van der Waals surface area (Å²) < 4.78 is 15.7. The molecule has 10 heteroatoms. The fourth-order valence-corrected chi connectivity index (χ4v) is 3.07. The van der Waals surface area contributed by atoms with Crippen LogP contribution in [0.4, 0.5) is 5.69 Å². The minimum atomic E-state index is -1.18. The number of nitrogens with zero attached hydrogens (tertiary/aromatic N) is 1. The molecule has 0 saturated heterocycles. The fourth-order valence-electron chi connectivity index (χ4n) is 3.07. The van der Waals surface area contributed by atoms with Crippen molar-refractivity contribution in [3.63, 3.8) is 0 Å². The third-order valence-corrected chi connectivity index (χ3v) is 4.59. The third kappa shape index (κ3) is 4.86. The molecule has 0 fully saturated rings. The number of aromatic carboxylic acids is 1. The quantitative estimate of drug-likeness (QED) is 0.506. The van der Waals surface area contributed by atoms with Crippen LogP contribution in [0.5, 0.6) is 5.75 Å². The number of ether oxygens (including phenoxy) is 2. The zero-order valence-corrected chi connectivity index (χ0v) is 17.0. The molecule has 3 rings (SSSR count). The number of aryl methyl sites for hydroxylation is 1. The number of furan rings is 1. The molecule has 31 heavy (non-hydrogen) atoms. The molecule has 10 nitrogen and oxygen atoms in total. The number of carbonyl (C=O) groups is 3. The number of benzene rings is 1. The van der Waals surface area contributed by atoms with Gasteiger partial charge in [-0.3, -0.25) is 4.79 Å². The minimum Gasteiger partial charge on any atom is -0.483 e. The van der Waals surface area contributed by atoms with Crippen LogP contribution in [0.25, 0.3) is 0 Å². The molecule has 0 radical (unpaired) electrons. The van der Waals surface area contributed by atoms with Gasteiger partial charge in [-0.25, -0.2) is 9.59 Å². The molecule has 0 atom stereocenters. The Morgan fingerprint density at radius 3 is 2.68 bits per heavy atom. The third-order valence-electron chi connectivity index (χ3n) is 4.59. The van der Waals surface area contributed by atoms with E-state index in [-0.39, 0.29) is 43.3 Å². The number of aliphatic hydroxyl groups excluding tert-OH is 1. The molecule has 164 valence electrons. The first-order chi connectivity index (χ1) is 14.8. The summed E-state index contributed by atoms with van der Waals surface area (Å²) in [6.07, 6.45) is 0. The Bertz CT molecular complexity index is 1040. The number of methoxy groups -OCH3 is 1. The average molecular weight is 430 g/mol. The molecule has 0 unspecified atom stereocenters. The molecule has 1 aliphatic rings. The second-order valence-corrected chi connectivity index (χ2v) is 6.78. The predicted octanol–water partition coefficient (Wildman–Crippen LogP) is 1.54. The van der Waals surface area contributed by atoms with Crippen molar-refractivity contribution < 1.29 is 38.5 Å². The number of amides is 1. The van der Waals surface area contributed by atoms with E-state index in [0.717, 1.165) is 5.56 Å². The molecule has 0 saturated carbocycles. The lowest BCUT2D eigenvalue weighted by atomic mass is 10.2. The van der Waals surface area contributed by atoms with Gasteiger partial charge in [-0.1, -0.05) is 6.07 Å². The van der Waals surface area contributed by atoms with Crippen molar-refractivity contribution in [2.24, 2.45) is 0 Å². The molecule has 2 heterocycles. The van der Waals surface area contributed by atoms with E-state index < -0.39 is 17.8 Å². The first kappa shape index (κ1) is 21.9. The lowest BCUT2D eigenvalue weighted by Gasteiger charge is -2.16. The number of β-amino-alcohol motifs (C(OH)–C–C–N with tert-alkyl or cyclic N) is 1. The van der Waals surface area contributed by atoms with Crippen LogP contribution in [-0.2, 0) is 20.9 Å². The standard InChI is InChI=1S/C21H22N2O8/c1-12-3-5-16(30-11-13-4-6-17(31-13)20(26)27)15(9-12)22-18-14(21(28)29-2)10-23(7-8-24)19(18)25/h3-6,9,22,24H,7-8,10-11H2,1-2H3,(H,26,27). The Hall–Kier alpha value is -3.79. The van der Waals surface area contributed by atoms with Gasteiger partial charge >= 0.3 is 11.9 Å². The van der Waals surface area contributed by atoms with Gasteiger partial charge in [-0.05, 0) is 36.8 Å². The molecule has 0 aliphatic carbocycles. The molecule has 1 aromatic heterocycles. The number of hydrogen-bond donors (Lipinski definition) is 3. The Morgan fingerprint density at radius 1 is 1.26 bits per heavy atom. The maximum absolute atomic E-state index is 12.7. The summed E-state index contributed by atoms with van der Waals surface area (Å²) >= 11 is 0. The normalized spacial score (nSPS) is 13.5. The van der Waals surface area contributed by atoms with Crippen molar-refractivity contribution in [3.05, 3.63) is 58.7 Å². The van der Waals surface area contributed by atoms with Crippen molar-refractivity contribution in [2.75, 3.05) is 32.1 Å². The zero-order chi connectivity index (χ0) is 22.5. The molecule has 1 aliphatic heterocycles. The highest BCUT2D eigenvalue weighted by molar-refractivity contribution is 6.08. The van der Waals surface area contributed by atoms with E-state index >= 15 is 0 Å². The van der Waals surface area contributed by atoms with Crippen LogP contribution in [0.3, 0.4) is 0 Å². The van der Waals surface area contributed by atoms with Crippen LogP contribution in [0, 0.1) is 6.92 Å². The summed E-state index contributed by atoms with van der Waals surface area (Å²) in [7, 11) is 1.22. The molecule has 1 amide bonds. The van der Waals surface area contributed by atoms with Crippen LogP contribution >= 0.6 is 0 Å². The largest absolute Gasteiger partial charge is 0.483 e. The monoisotopic (exact) mass is 430 g/mol. The van der Waals surface area contributed by atoms with Gasteiger partial charge in [-0.2, -0.15) is 0 Å². The summed E-state index contributed by atoms with van der Waals surface area (Å²) in [6, 6.07) is 8.05. The van der Waals surface area contributed by atoms with Crippen molar-refractivity contribution >= 4 is 23.5 Å². The van der Waals surface area contributed by atoms with E-state index in [0.29, 0.717) is 17.2 Å². The molecule has 2 aromatic rings. The minimum absolute atomic E-state index is 0.0146. The first-order valence-electron chi connectivity index (χ1n) is 9.38. The number of esters is 1. The fraction of sp³-hybridized carbons (Fsp3) is 0.286. The summed E-state index contributed by atoms with van der Waals surface area (Å²) in [4.78, 5) is 37.2. The van der Waals surface area contributed by atoms with Crippen molar-refractivity contribution in [3.8, 4) is 5.75 Å². The molecular formula is C21H22N2O8. The van der Waals surface area contributed by atoms with Gasteiger partial charge in [0.05, 0.1) is 31.5 Å². The lowest BCUT2D eigenvalue weighted by Crippen LogP contribution is -2.31. The van der Waals surface area contributed by atoms with Crippen LogP contribution < -0.4 is 10.1 Å². The zero-order valence-electron chi connectivity index (χ0n) is 17.0. The SMILES string of the molecule is COC(=O)C1=C(Nc2cc(C)ccc2OCc2ccc(C(=O)O)o2)C(=O)N(CCO)C1. The number of carboxylic acid groups (broad SMARTS) is 1. The van der Waals surface area contributed by atoms with Crippen molar-refractivity contribution in [1.29, 1.82) is 0 Å². The summed E-state index contributed by atoms with van der Waals surface area (Å²) in [5, 5.41) is 21.1. The first-order valence-corrected chi connectivity index (χ1v) is 9.38.